The maximum atomic E-state index is 12.7. The van der Waals surface area contributed by atoms with E-state index in [1.165, 1.54) is 12.0 Å². The van der Waals surface area contributed by atoms with Crippen LogP contribution in [0.2, 0.25) is 0 Å². The number of aryl methyl sites for hydroxylation is 1. The van der Waals surface area contributed by atoms with E-state index in [0.717, 1.165) is 50.3 Å². The number of hydrogen-bond donors (Lipinski definition) is 1. The number of benzene rings is 1. The maximum absolute atomic E-state index is 12.7. The lowest BCUT2D eigenvalue weighted by molar-refractivity contribution is -0.119. The lowest BCUT2D eigenvalue weighted by Gasteiger charge is -2.32. The van der Waals surface area contributed by atoms with Crippen molar-refractivity contribution in [3.63, 3.8) is 0 Å². The summed E-state index contributed by atoms with van der Waals surface area (Å²) >= 11 is 0. The fraction of sp³-hybridized carbons (Fsp3) is 0.588. The molecule has 0 bridgehead atoms. The van der Waals surface area contributed by atoms with E-state index in [1.807, 2.05) is 17.0 Å². The number of piperidine rings is 1. The molecule has 21 heavy (non-hydrogen) atoms. The topological polar surface area (TPSA) is 41.6 Å². The van der Waals surface area contributed by atoms with Crippen molar-refractivity contribution < 1.29 is 9.53 Å². The molecule has 1 aromatic rings. The third-order valence-corrected chi connectivity index (χ3v) is 4.56. The van der Waals surface area contributed by atoms with Crippen molar-refractivity contribution in [1.82, 2.24) is 5.32 Å². The first-order valence-electron chi connectivity index (χ1n) is 7.96. The van der Waals surface area contributed by atoms with Gasteiger partial charge in [0, 0.05) is 13.0 Å². The number of para-hydroxylation sites is 1. The molecule has 2 aliphatic rings. The van der Waals surface area contributed by atoms with Gasteiger partial charge in [-0.2, -0.15) is 0 Å². The van der Waals surface area contributed by atoms with Crippen molar-refractivity contribution in [1.29, 1.82) is 0 Å². The van der Waals surface area contributed by atoms with Gasteiger partial charge in [0.1, 0.15) is 5.75 Å². The van der Waals surface area contributed by atoms with Crippen molar-refractivity contribution in [2.75, 3.05) is 31.6 Å². The van der Waals surface area contributed by atoms with Gasteiger partial charge in [0.25, 0.3) is 0 Å². The smallest absolute Gasteiger partial charge is 0.227 e. The molecule has 1 unspecified atom stereocenters. The van der Waals surface area contributed by atoms with Crippen LogP contribution >= 0.6 is 0 Å². The summed E-state index contributed by atoms with van der Waals surface area (Å²) in [4.78, 5) is 14.7. The van der Waals surface area contributed by atoms with E-state index in [0.29, 0.717) is 12.3 Å². The van der Waals surface area contributed by atoms with E-state index < -0.39 is 0 Å². The van der Waals surface area contributed by atoms with Gasteiger partial charge in [-0.05, 0) is 56.3 Å². The predicted octanol–water partition coefficient (Wildman–Crippen LogP) is 2.36. The summed E-state index contributed by atoms with van der Waals surface area (Å²) in [5, 5.41) is 3.39. The Morgan fingerprint density at radius 2 is 2.33 bits per heavy atom. The zero-order valence-electron chi connectivity index (χ0n) is 12.7. The molecule has 1 fully saturated rings. The van der Waals surface area contributed by atoms with Crippen LogP contribution in [0.3, 0.4) is 0 Å². The van der Waals surface area contributed by atoms with Crippen LogP contribution in [0.1, 0.15) is 31.2 Å². The highest BCUT2D eigenvalue weighted by Gasteiger charge is 2.27. The van der Waals surface area contributed by atoms with Gasteiger partial charge in [0.2, 0.25) is 5.91 Å². The Bertz CT molecular complexity index is 495. The van der Waals surface area contributed by atoms with E-state index in [4.69, 9.17) is 4.74 Å². The van der Waals surface area contributed by atoms with Gasteiger partial charge in [0.15, 0.2) is 0 Å². The Hall–Kier alpha value is -1.55. The normalized spacial score (nSPS) is 21.8. The van der Waals surface area contributed by atoms with Gasteiger partial charge in [-0.15, -0.1) is 0 Å². The minimum atomic E-state index is 0.245. The largest absolute Gasteiger partial charge is 0.495 e. The number of carbonyl (C=O) groups excluding carboxylic acids is 1. The molecular formula is C17H24N2O2. The summed E-state index contributed by atoms with van der Waals surface area (Å²) in [6, 6.07) is 6.07. The molecule has 0 aliphatic carbocycles. The number of amides is 1. The molecule has 2 aliphatic heterocycles. The van der Waals surface area contributed by atoms with Crippen LogP contribution in [-0.2, 0) is 11.2 Å². The highest BCUT2D eigenvalue weighted by Crippen LogP contribution is 2.36. The third-order valence-electron chi connectivity index (χ3n) is 4.56. The first-order valence-corrected chi connectivity index (χ1v) is 7.96. The zero-order valence-corrected chi connectivity index (χ0v) is 12.7. The van der Waals surface area contributed by atoms with Gasteiger partial charge in [-0.25, -0.2) is 0 Å². The molecule has 114 valence electrons. The van der Waals surface area contributed by atoms with Gasteiger partial charge in [0.05, 0.1) is 12.8 Å². The average molecular weight is 288 g/mol. The highest BCUT2D eigenvalue weighted by molar-refractivity contribution is 5.96. The van der Waals surface area contributed by atoms with Crippen LogP contribution in [0.15, 0.2) is 18.2 Å². The number of nitrogens with one attached hydrogen (secondary N) is 1. The molecule has 1 saturated heterocycles. The van der Waals surface area contributed by atoms with Crippen molar-refractivity contribution in [2.24, 2.45) is 5.92 Å². The monoisotopic (exact) mass is 288 g/mol. The van der Waals surface area contributed by atoms with E-state index in [2.05, 4.69) is 11.4 Å². The van der Waals surface area contributed by atoms with Crippen LogP contribution in [0.5, 0.6) is 5.75 Å². The van der Waals surface area contributed by atoms with Crippen molar-refractivity contribution in [3.8, 4) is 5.75 Å². The van der Waals surface area contributed by atoms with Gasteiger partial charge < -0.3 is 15.0 Å². The quantitative estimate of drug-likeness (QED) is 0.928. The molecule has 4 heteroatoms. The Labute approximate surface area is 126 Å². The van der Waals surface area contributed by atoms with Crippen LogP contribution in [-0.4, -0.2) is 32.7 Å². The second-order valence-corrected chi connectivity index (χ2v) is 6.03. The average Bonchev–Trinajstić information content (AvgIpc) is 2.54. The molecule has 0 aromatic heterocycles. The lowest BCUT2D eigenvalue weighted by atomic mass is 9.94. The summed E-state index contributed by atoms with van der Waals surface area (Å²) in [6.45, 7) is 2.87. The molecule has 1 amide bonds. The van der Waals surface area contributed by atoms with Crippen molar-refractivity contribution in [2.45, 2.75) is 32.1 Å². The second-order valence-electron chi connectivity index (χ2n) is 6.03. The van der Waals surface area contributed by atoms with Crippen LogP contribution in [0.25, 0.3) is 0 Å². The molecule has 0 radical (unpaired) electrons. The molecule has 2 heterocycles. The van der Waals surface area contributed by atoms with Crippen LogP contribution < -0.4 is 15.0 Å². The van der Waals surface area contributed by atoms with Crippen molar-refractivity contribution >= 4 is 11.6 Å². The van der Waals surface area contributed by atoms with E-state index >= 15 is 0 Å². The van der Waals surface area contributed by atoms with Crippen LogP contribution in [0, 0.1) is 5.92 Å². The SMILES string of the molecule is COc1cccc2c1N(C(=O)CC1CCCNC1)CCC2. The fourth-order valence-electron chi connectivity index (χ4n) is 3.48. The summed E-state index contributed by atoms with van der Waals surface area (Å²) in [7, 11) is 1.68. The molecule has 0 spiro atoms. The predicted molar refractivity (Wildman–Crippen MR) is 83.9 cm³/mol. The minimum absolute atomic E-state index is 0.245. The highest BCUT2D eigenvalue weighted by atomic mass is 16.5. The first-order chi connectivity index (χ1) is 10.3. The summed E-state index contributed by atoms with van der Waals surface area (Å²) in [5.41, 5.74) is 2.23. The molecule has 1 atom stereocenters. The summed E-state index contributed by atoms with van der Waals surface area (Å²) in [5.74, 6) is 1.54. The van der Waals surface area contributed by atoms with E-state index in [9.17, 15) is 4.79 Å². The number of methoxy groups -OCH3 is 1. The maximum Gasteiger partial charge on any atom is 0.227 e. The number of hydrogen-bond acceptors (Lipinski definition) is 3. The Morgan fingerprint density at radius 1 is 1.43 bits per heavy atom. The molecular weight excluding hydrogens is 264 g/mol. The van der Waals surface area contributed by atoms with E-state index in [1.54, 1.807) is 7.11 Å². The van der Waals surface area contributed by atoms with Gasteiger partial charge in [-0.1, -0.05) is 12.1 Å². The van der Waals surface area contributed by atoms with Crippen LogP contribution in [0.4, 0.5) is 5.69 Å². The molecule has 3 rings (SSSR count). The molecule has 1 aromatic carbocycles. The number of fused-ring (bicyclic) bond motifs is 1. The number of anilines is 1. The first kappa shape index (κ1) is 14.4. The number of carbonyl (C=O) groups is 1. The van der Waals surface area contributed by atoms with Gasteiger partial charge >= 0.3 is 0 Å². The standard InChI is InChI=1S/C17H24N2O2/c1-21-15-8-2-6-14-7-4-10-19(17(14)15)16(20)11-13-5-3-9-18-12-13/h2,6,8,13,18H,3-5,7,9-12H2,1H3. The lowest BCUT2D eigenvalue weighted by Crippen LogP contribution is -2.39. The Morgan fingerprint density at radius 3 is 3.10 bits per heavy atom. The second kappa shape index (κ2) is 6.48. The Balaban J connectivity index is 1.79. The van der Waals surface area contributed by atoms with Crippen molar-refractivity contribution in [3.05, 3.63) is 23.8 Å². The molecule has 4 nitrogen and oxygen atoms in total. The summed E-state index contributed by atoms with van der Waals surface area (Å²) < 4.78 is 5.48. The minimum Gasteiger partial charge on any atom is -0.495 e. The summed E-state index contributed by atoms with van der Waals surface area (Å²) in [6.07, 6.45) is 5.05. The molecule has 1 N–H and O–H groups in total. The molecule has 0 saturated carbocycles. The number of nitrogens with zero attached hydrogens (tertiary/aromatic N) is 1. The third kappa shape index (κ3) is 3.05. The Kier molecular flexibility index (Phi) is 4.44. The van der Waals surface area contributed by atoms with Gasteiger partial charge in [-0.3, -0.25) is 4.79 Å². The fourth-order valence-corrected chi connectivity index (χ4v) is 3.48. The van der Waals surface area contributed by atoms with E-state index in [-0.39, 0.29) is 5.91 Å². The number of rotatable bonds is 3. The number of ether oxygens (including phenoxy) is 1. The zero-order chi connectivity index (χ0) is 14.7.